The molecule has 0 aliphatic heterocycles. The molecule has 0 saturated carbocycles. The second-order valence-corrected chi connectivity index (χ2v) is 7.18. The minimum atomic E-state index is -0.265. The number of nitrogens with one attached hydrogen (secondary N) is 1. The van der Waals surface area contributed by atoms with Crippen molar-refractivity contribution in [2.75, 3.05) is 19.0 Å². The van der Waals surface area contributed by atoms with Crippen molar-refractivity contribution in [3.8, 4) is 22.6 Å². The molecule has 3 aromatic carbocycles. The molecule has 0 aliphatic carbocycles. The molecule has 4 rings (SSSR count). The molecule has 0 spiro atoms. The van der Waals surface area contributed by atoms with Gasteiger partial charge in [-0.1, -0.05) is 43.3 Å². The maximum Gasteiger partial charge on any atom is 0.262 e. The number of para-hydroxylation sites is 2. The molecule has 1 amide bonds. The van der Waals surface area contributed by atoms with Crippen molar-refractivity contribution in [3.63, 3.8) is 0 Å². The SMILES string of the molecule is CCc1ccccc1NC(=O)COc1ccc2c(=O)c(-c3ccccc3OC)coc2c1. The average molecular weight is 429 g/mol. The number of hydrogen-bond donors (Lipinski definition) is 1. The molecule has 162 valence electrons. The Labute approximate surface area is 185 Å². The minimum Gasteiger partial charge on any atom is -0.496 e. The number of fused-ring (bicyclic) bond motifs is 1. The van der Waals surface area contributed by atoms with Crippen LogP contribution in [-0.4, -0.2) is 19.6 Å². The molecule has 32 heavy (non-hydrogen) atoms. The highest BCUT2D eigenvalue weighted by atomic mass is 16.5. The molecule has 1 aromatic heterocycles. The summed E-state index contributed by atoms with van der Waals surface area (Å²) in [6.45, 7) is 1.87. The zero-order valence-corrected chi connectivity index (χ0v) is 17.9. The first-order valence-corrected chi connectivity index (χ1v) is 10.3. The normalized spacial score (nSPS) is 10.7. The van der Waals surface area contributed by atoms with Crippen LogP contribution >= 0.6 is 0 Å². The molecule has 0 fully saturated rings. The Morgan fingerprint density at radius 1 is 1.00 bits per heavy atom. The molecule has 0 bridgehead atoms. The van der Waals surface area contributed by atoms with Gasteiger partial charge in [-0.2, -0.15) is 0 Å². The number of carbonyl (C=O) groups excluding carboxylic acids is 1. The Morgan fingerprint density at radius 3 is 2.59 bits per heavy atom. The maximum absolute atomic E-state index is 13.0. The molecular weight excluding hydrogens is 406 g/mol. The van der Waals surface area contributed by atoms with Crippen molar-refractivity contribution in [1.82, 2.24) is 0 Å². The fraction of sp³-hybridized carbons (Fsp3) is 0.154. The molecule has 1 N–H and O–H groups in total. The highest BCUT2D eigenvalue weighted by molar-refractivity contribution is 5.92. The quantitative estimate of drug-likeness (QED) is 0.445. The highest BCUT2D eigenvalue weighted by Crippen LogP contribution is 2.29. The van der Waals surface area contributed by atoms with E-state index in [2.05, 4.69) is 5.32 Å². The number of anilines is 1. The second-order valence-electron chi connectivity index (χ2n) is 7.18. The van der Waals surface area contributed by atoms with E-state index in [1.807, 2.05) is 49.4 Å². The summed E-state index contributed by atoms with van der Waals surface area (Å²) in [5, 5.41) is 3.28. The predicted octanol–water partition coefficient (Wildman–Crippen LogP) is 5.05. The standard InChI is InChI=1S/C26H23NO5/c1-3-17-8-4-6-10-22(17)27-25(28)16-31-18-12-13-20-24(14-18)32-15-21(26(20)29)19-9-5-7-11-23(19)30-2/h4-15H,3,16H2,1-2H3,(H,27,28). The van der Waals surface area contributed by atoms with E-state index in [0.717, 1.165) is 17.7 Å². The van der Waals surface area contributed by atoms with E-state index in [9.17, 15) is 9.59 Å². The molecule has 0 saturated heterocycles. The largest absolute Gasteiger partial charge is 0.496 e. The van der Waals surface area contributed by atoms with Gasteiger partial charge in [0.05, 0.1) is 18.1 Å². The van der Waals surface area contributed by atoms with Crippen molar-refractivity contribution in [1.29, 1.82) is 0 Å². The van der Waals surface area contributed by atoms with E-state index in [-0.39, 0.29) is 17.9 Å². The third-order valence-electron chi connectivity index (χ3n) is 5.19. The number of benzene rings is 3. The monoisotopic (exact) mass is 429 g/mol. The van der Waals surface area contributed by atoms with Gasteiger partial charge in [0.1, 0.15) is 23.3 Å². The Morgan fingerprint density at radius 2 is 1.78 bits per heavy atom. The number of carbonyl (C=O) groups is 1. The number of rotatable bonds is 7. The highest BCUT2D eigenvalue weighted by Gasteiger charge is 2.14. The van der Waals surface area contributed by atoms with Crippen LogP contribution in [0.3, 0.4) is 0 Å². The Bertz CT molecular complexity index is 1330. The van der Waals surface area contributed by atoms with E-state index in [1.165, 1.54) is 6.26 Å². The Hall–Kier alpha value is -4.06. The molecule has 6 nitrogen and oxygen atoms in total. The average Bonchev–Trinajstić information content (AvgIpc) is 2.83. The van der Waals surface area contributed by atoms with Crippen LogP contribution in [0.2, 0.25) is 0 Å². The van der Waals surface area contributed by atoms with Gasteiger partial charge in [-0.3, -0.25) is 9.59 Å². The van der Waals surface area contributed by atoms with Crippen LogP contribution in [-0.2, 0) is 11.2 Å². The van der Waals surface area contributed by atoms with Crippen LogP contribution < -0.4 is 20.2 Å². The number of ether oxygens (including phenoxy) is 2. The zero-order valence-electron chi connectivity index (χ0n) is 17.9. The molecule has 0 atom stereocenters. The van der Waals surface area contributed by atoms with Gasteiger partial charge in [-0.15, -0.1) is 0 Å². The van der Waals surface area contributed by atoms with Crippen molar-refractivity contribution in [2.24, 2.45) is 0 Å². The molecule has 0 unspecified atom stereocenters. The summed E-state index contributed by atoms with van der Waals surface area (Å²) in [6, 6.07) is 19.8. The summed E-state index contributed by atoms with van der Waals surface area (Å²) in [7, 11) is 1.56. The molecule has 1 heterocycles. The topological polar surface area (TPSA) is 77.8 Å². The summed E-state index contributed by atoms with van der Waals surface area (Å²) in [5.41, 5.74) is 3.11. The summed E-state index contributed by atoms with van der Waals surface area (Å²) >= 11 is 0. The second kappa shape index (κ2) is 9.39. The minimum absolute atomic E-state index is 0.160. The fourth-order valence-corrected chi connectivity index (χ4v) is 3.54. The van der Waals surface area contributed by atoms with E-state index in [1.54, 1.807) is 31.4 Å². The Kier molecular flexibility index (Phi) is 6.22. The first-order chi connectivity index (χ1) is 15.6. The first-order valence-electron chi connectivity index (χ1n) is 10.3. The summed E-state index contributed by atoms with van der Waals surface area (Å²) in [6.07, 6.45) is 2.23. The van der Waals surface area contributed by atoms with E-state index >= 15 is 0 Å². The molecule has 0 aliphatic rings. The van der Waals surface area contributed by atoms with Crippen LogP contribution in [0.1, 0.15) is 12.5 Å². The van der Waals surface area contributed by atoms with Crippen LogP contribution in [0.15, 0.2) is 82.2 Å². The van der Waals surface area contributed by atoms with E-state index < -0.39 is 0 Å². The number of aryl methyl sites for hydroxylation is 1. The lowest BCUT2D eigenvalue weighted by atomic mass is 10.0. The van der Waals surface area contributed by atoms with Gasteiger partial charge < -0.3 is 19.2 Å². The van der Waals surface area contributed by atoms with Gasteiger partial charge in [-0.05, 0) is 36.2 Å². The molecular formula is C26H23NO5. The third-order valence-corrected chi connectivity index (χ3v) is 5.19. The smallest absolute Gasteiger partial charge is 0.262 e. The fourth-order valence-electron chi connectivity index (χ4n) is 3.54. The Balaban J connectivity index is 1.52. The lowest BCUT2D eigenvalue weighted by Crippen LogP contribution is -2.20. The first kappa shape index (κ1) is 21.2. The van der Waals surface area contributed by atoms with E-state index in [4.69, 9.17) is 13.9 Å². The van der Waals surface area contributed by atoms with Gasteiger partial charge in [0.2, 0.25) is 5.43 Å². The van der Waals surface area contributed by atoms with Crippen LogP contribution in [0.25, 0.3) is 22.1 Å². The van der Waals surface area contributed by atoms with Gasteiger partial charge in [0.15, 0.2) is 6.61 Å². The van der Waals surface area contributed by atoms with Crippen molar-refractivity contribution in [2.45, 2.75) is 13.3 Å². The number of methoxy groups -OCH3 is 1. The van der Waals surface area contributed by atoms with Gasteiger partial charge in [-0.25, -0.2) is 0 Å². The van der Waals surface area contributed by atoms with Gasteiger partial charge in [0, 0.05) is 17.3 Å². The number of hydrogen-bond acceptors (Lipinski definition) is 5. The third kappa shape index (κ3) is 4.34. The maximum atomic E-state index is 13.0. The lowest BCUT2D eigenvalue weighted by molar-refractivity contribution is -0.118. The lowest BCUT2D eigenvalue weighted by Gasteiger charge is -2.11. The van der Waals surface area contributed by atoms with Crippen molar-refractivity contribution < 1.29 is 18.7 Å². The van der Waals surface area contributed by atoms with Crippen LogP contribution in [0.5, 0.6) is 11.5 Å². The van der Waals surface area contributed by atoms with Crippen molar-refractivity contribution >= 4 is 22.6 Å². The molecule has 4 aromatic rings. The van der Waals surface area contributed by atoms with Gasteiger partial charge >= 0.3 is 0 Å². The van der Waals surface area contributed by atoms with E-state index in [0.29, 0.717) is 33.6 Å². The van der Waals surface area contributed by atoms with Crippen LogP contribution in [0.4, 0.5) is 5.69 Å². The molecule has 0 radical (unpaired) electrons. The number of amides is 1. The predicted molar refractivity (Wildman–Crippen MR) is 124 cm³/mol. The summed E-state index contributed by atoms with van der Waals surface area (Å²) in [5.74, 6) is 0.762. The zero-order chi connectivity index (χ0) is 22.5. The molecule has 6 heteroatoms. The summed E-state index contributed by atoms with van der Waals surface area (Å²) in [4.78, 5) is 25.3. The van der Waals surface area contributed by atoms with Gasteiger partial charge in [0.25, 0.3) is 5.91 Å². The van der Waals surface area contributed by atoms with Crippen LogP contribution in [0, 0.1) is 0 Å². The van der Waals surface area contributed by atoms with Crippen molar-refractivity contribution in [3.05, 3.63) is 88.8 Å². The summed E-state index contributed by atoms with van der Waals surface area (Å²) < 4.78 is 16.7.